The lowest BCUT2D eigenvalue weighted by Gasteiger charge is -2.32. The van der Waals surface area contributed by atoms with Gasteiger partial charge in [-0.15, -0.1) is 0 Å². The molecule has 1 amide bonds. The van der Waals surface area contributed by atoms with Gasteiger partial charge in [-0.2, -0.15) is 0 Å². The van der Waals surface area contributed by atoms with Gasteiger partial charge in [0, 0.05) is 50.5 Å². The van der Waals surface area contributed by atoms with Crippen molar-refractivity contribution in [2.75, 3.05) is 13.1 Å². The molecule has 1 fully saturated rings. The zero-order valence-corrected chi connectivity index (χ0v) is 16.3. The van der Waals surface area contributed by atoms with Crippen molar-refractivity contribution in [2.45, 2.75) is 39.8 Å². The van der Waals surface area contributed by atoms with Crippen molar-refractivity contribution in [2.24, 2.45) is 5.92 Å². The quantitative estimate of drug-likeness (QED) is 0.698. The van der Waals surface area contributed by atoms with E-state index in [1.807, 2.05) is 41.9 Å². The fourth-order valence-electron chi connectivity index (χ4n) is 3.94. The van der Waals surface area contributed by atoms with Crippen LogP contribution in [0.4, 0.5) is 0 Å². The Labute approximate surface area is 163 Å². The minimum Gasteiger partial charge on any atom is -0.338 e. The fourth-order valence-corrected chi connectivity index (χ4v) is 3.94. The van der Waals surface area contributed by atoms with Crippen LogP contribution in [-0.4, -0.2) is 43.0 Å². The van der Waals surface area contributed by atoms with Gasteiger partial charge < -0.3 is 14.0 Å². The molecule has 0 N–H and O–H groups in total. The highest BCUT2D eigenvalue weighted by Crippen LogP contribution is 2.21. The van der Waals surface area contributed by atoms with Crippen molar-refractivity contribution in [3.05, 3.63) is 58.5 Å². The summed E-state index contributed by atoms with van der Waals surface area (Å²) in [5, 5.41) is 0.508. The van der Waals surface area contributed by atoms with Crippen LogP contribution in [0.3, 0.4) is 0 Å². The second-order valence-electron chi connectivity index (χ2n) is 7.48. The summed E-state index contributed by atoms with van der Waals surface area (Å²) in [5.74, 6) is 0.352. The van der Waals surface area contributed by atoms with Crippen LogP contribution in [0.5, 0.6) is 0 Å². The minimum absolute atomic E-state index is 0.171. The van der Waals surface area contributed by atoms with Gasteiger partial charge in [-0.25, -0.2) is 9.97 Å². The number of imidazole rings is 1. The predicted molar refractivity (Wildman–Crippen MR) is 107 cm³/mol. The Kier molecular flexibility index (Phi) is 4.98. The molecular weight excluding hydrogens is 354 g/mol. The molecule has 0 radical (unpaired) electrons. The van der Waals surface area contributed by atoms with E-state index in [1.165, 1.54) is 0 Å². The summed E-state index contributed by atoms with van der Waals surface area (Å²) >= 11 is 0. The zero-order valence-electron chi connectivity index (χ0n) is 16.3. The van der Waals surface area contributed by atoms with E-state index >= 15 is 0 Å². The van der Waals surface area contributed by atoms with Crippen LogP contribution in [-0.2, 0) is 13.1 Å². The van der Waals surface area contributed by atoms with E-state index in [4.69, 9.17) is 0 Å². The lowest BCUT2D eigenvalue weighted by Crippen LogP contribution is -2.41. The van der Waals surface area contributed by atoms with Crippen LogP contribution in [0.15, 0.2) is 41.8 Å². The van der Waals surface area contributed by atoms with Crippen LogP contribution in [0.2, 0.25) is 0 Å². The summed E-state index contributed by atoms with van der Waals surface area (Å²) in [6.07, 6.45) is 9.12. The van der Waals surface area contributed by atoms with Crippen LogP contribution in [0.1, 0.15) is 35.8 Å². The topological polar surface area (TPSA) is 73.0 Å². The first-order valence-electron chi connectivity index (χ1n) is 9.82. The molecule has 1 aliphatic heterocycles. The molecule has 146 valence electrons. The van der Waals surface area contributed by atoms with Gasteiger partial charge in [0.25, 0.3) is 5.91 Å². The lowest BCUT2D eigenvalue weighted by atomic mass is 9.96. The number of hydrogen-bond donors (Lipinski definition) is 0. The first-order chi connectivity index (χ1) is 13.6. The third-order valence-corrected chi connectivity index (χ3v) is 5.56. The van der Waals surface area contributed by atoms with Crippen molar-refractivity contribution in [1.82, 2.24) is 24.0 Å². The maximum Gasteiger partial charge on any atom is 0.259 e. The van der Waals surface area contributed by atoms with E-state index in [0.29, 0.717) is 36.6 Å². The van der Waals surface area contributed by atoms with E-state index < -0.39 is 0 Å². The predicted octanol–water partition coefficient (Wildman–Crippen LogP) is 2.47. The Morgan fingerprint density at radius 2 is 2.04 bits per heavy atom. The van der Waals surface area contributed by atoms with Crippen LogP contribution >= 0.6 is 0 Å². The molecule has 1 aliphatic rings. The summed E-state index contributed by atoms with van der Waals surface area (Å²) in [7, 11) is 0. The summed E-state index contributed by atoms with van der Waals surface area (Å²) < 4.78 is 3.98. The number of nitrogens with zero attached hydrogens (tertiary/aromatic N) is 5. The number of piperidine rings is 1. The van der Waals surface area contributed by atoms with Gasteiger partial charge in [-0.3, -0.25) is 9.59 Å². The molecule has 3 aromatic heterocycles. The van der Waals surface area contributed by atoms with Gasteiger partial charge in [0.1, 0.15) is 11.2 Å². The number of carbonyl (C=O) groups excluding carboxylic acids is 1. The maximum atomic E-state index is 13.1. The fraction of sp³-hybridized carbons (Fsp3) is 0.429. The number of aryl methyl sites for hydroxylation is 2. The summed E-state index contributed by atoms with van der Waals surface area (Å²) in [4.78, 5) is 36.5. The average Bonchev–Trinajstić information content (AvgIpc) is 3.21. The van der Waals surface area contributed by atoms with Gasteiger partial charge in [0.05, 0.1) is 11.7 Å². The van der Waals surface area contributed by atoms with Gasteiger partial charge in [0.15, 0.2) is 0 Å². The molecule has 0 bridgehead atoms. The molecule has 28 heavy (non-hydrogen) atoms. The zero-order chi connectivity index (χ0) is 19.7. The molecule has 4 heterocycles. The summed E-state index contributed by atoms with van der Waals surface area (Å²) in [6.45, 7) is 6.81. The van der Waals surface area contributed by atoms with E-state index in [0.717, 1.165) is 25.1 Å². The number of fused-ring (bicyclic) bond motifs is 1. The first kappa shape index (κ1) is 18.4. The van der Waals surface area contributed by atoms with Crippen LogP contribution < -0.4 is 5.43 Å². The Hall–Kier alpha value is -2.96. The molecule has 0 unspecified atom stereocenters. The monoisotopic (exact) mass is 379 g/mol. The highest BCUT2D eigenvalue weighted by Gasteiger charge is 2.26. The lowest BCUT2D eigenvalue weighted by molar-refractivity contribution is 0.0681. The molecule has 0 saturated carbocycles. The molecule has 1 saturated heterocycles. The number of hydrogen-bond acceptors (Lipinski definition) is 4. The first-order valence-corrected chi connectivity index (χ1v) is 9.82. The smallest absolute Gasteiger partial charge is 0.259 e. The van der Waals surface area contributed by atoms with Gasteiger partial charge in [-0.05, 0) is 44.7 Å². The van der Waals surface area contributed by atoms with E-state index in [2.05, 4.69) is 14.5 Å². The minimum atomic E-state index is -0.224. The van der Waals surface area contributed by atoms with E-state index in [1.54, 1.807) is 18.5 Å². The van der Waals surface area contributed by atoms with E-state index in [-0.39, 0.29) is 16.9 Å². The average molecular weight is 379 g/mol. The highest BCUT2D eigenvalue weighted by molar-refractivity contribution is 5.97. The summed E-state index contributed by atoms with van der Waals surface area (Å²) in [6, 6.07) is 3.60. The SMILES string of the molecule is CCn1cc(C(=O)N2CCC(Cn3ccnc3)CC2)c(=O)c2ccc(C)nc21. The summed E-state index contributed by atoms with van der Waals surface area (Å²) in [5.41, 5.74) is 1.52. The van der Waals surface area contributed by atoms with Crippen molar-refractivity contribution < 1.29 is 4.79 Å². The van der Waals surface area contributed by atoms with Gasteiger partial charge in [-0.1, -0.05) is 0 Å². The van der Waals surface area contributed by atoms with Crippen molar-refractivity contribution >= 4 is 16.9 Å². The molecule has 7 nitrogen and oxygen atoms in total. The third kappa shape index (κ3) is 3.44. The maximum absolute atomic E-state index is 13.1. The highest BCUT2D eigenvalue weighted by atomic mass is 16.2. The molecular formula is C21H25N5O2. The van der Waals surface area contributed by atoms with Gasteiger partial charge in [0.2, 0.25) is 5.43 Å². The molecule has 0 atom stereocenters. The number of amides is 1. The Balaban J connectivity index is 1.55. The third-order valence-electron chi connectivity index (χ3n) is 5.56. The van der Waals surface area contributed by atoms with Crippen molar-refractivity contribution in [3.8, 4) is 0 Å². The molecule has 0 spiro atoms. The van der Waals surface area contributed by atoms with Crippen molar-refractivity contribution in [3.63, 3.8) is 0 Å². The molecule has 0 aromatic carbocycles. The number of rotatable bonds is 4. The van der Waals surface area contributed by atoms with Gasteiger partial charge >= 0.3 is 0 Å². The van der Waals surface area contributed by atoms with Crippen LogP contribution in [0.25, 0.3) is 11.0 Å². The van der Waals surface area contributed by atoms with Crippen LogP contribution in [0, 0.1) is 12.8 Å². The Morgan fingerprint density at radius 1 is 1.25 bits per heavy atom. The Morgan fingerprint density at radius 3 is 2.71 bits per heavy atom. The van der Waals surface area contributed by atoms with E-state index in [9.17, 15) is 9.59 Å². The second-order valence-corrected chi connectivity index (χ2v) is 7.48. The number of likely N-dealkylation sites (tertiary alicyclic amines) is 1. The molecule has 0 aliphatic carbocycles. The molecule has 7 heteroatoms. The second kappa shape index (κ2) is 7.58. The molecule has 3 aromatic rings. The number of carbonyl (C=O) groups is 1. The Bertz CT molecular complexity index is 1050. The molecule has 4 rings (SSSR count). The normalized spacial score (nSPS) is 15.3. The standard InChI is InChI=1S/C21H25N5O2/c1-3-25-13-18(19(27)17-5-4-15(2)23-20(17)25)21(28)26-9-6-16(7-10-26)12-24-11-8-22-14-24/h4-5,8,11,13-14,16H,3,6-7,9-10,12H2,1-2H3. The number of aromatic nitrogens is 4. The number of pyridine rings is 2. The largest absolute Gasteiger partial charge is 0.338 e. The van der Waals surface area contributed by atoms with Crippen molar-refractivity contribution in [1.29, 1.82) is 0 Å².